The molecule has 1 aromatic heterocycles. The summed E-state index contributed by atoms with van der Waals surface area (Å²) in [6, 6.07) is 9.17. The molecule has 0 atom stereocenters. The van der Waals surface area contributed by atoms with E-state index < -0.39 is 11.8 Å². The van der Waals surface area contributed by atoms with Gasteiger partial charge in [0.2, 0.25) is 0 Å². The van der Waals surface area contributed by atoms with E-state index in [1.807, 2.05) is 6.07 Å². The maximum absolute atomic E-state index is 13.7. The van der Waals surface area contributed by atoms with Crippen molar-refractivity contribution in [1.29, 1.82) is 5.26 Å². The standard InChI is InChI=1S/C15H12FN3O2/c1-21-15(20)10-2-5-14(16)11(6-10)8-18-13-4-3-12(7-17)19-9-13/h2-6,9,18H,8H2,1H3. The molecule has 1 heterocycles. The van der Waals surface area contributed by atoms with E-state index in [1.165, 1.54) is 31.5 Å². The van der Waals surface area contributed by atoms with Gasteiger partial charge in [-0.15, -0.1) is 0 Å². The molecule has 1 aromatic carbocycles. The lowest BCUT2D eigenvalue weighted by atomic mass is 10.1. The summed E-state index contributed by atoms with van der Waals surface area (Å²) in [5, 5.41) is 11.6. The van der Waals surface area contributed by atoms with E-state index in [0.717, 1.165) is 0 Å². The molecule has 106 valence electrons. The van der Waals surface area contributed by atoms with Crippen LogP contribution in [0.2, 0.25) is 0 Å². The normalized spacial score (nSPS) is 9.76. The molecule has 5 nitrogen and oxygen atoms in total. The summed E-state index contributed by atoms with van der Waals surface area (Å²) in [5.74, 6) is -0.937. The molecule has 0 fully saturated rings. The van der Waals surface area contributed by atoms with Gasteiger partial charge in [-0.3, -0.25) is 0 Å². The van der Waals surface area contributed by atoms with Gasteiger partial charge in [-0.2, -0.15) is 5.26 Å². The van der Waals surface area contributed by atoms with Crippen molar-refractivity contribution in [2.75, 3.05) is 12.4 Å². The Bertz CT molecular complexity index is 693. The SMILES string of the molecule is COC(=O)c1ccc(F)c(CNc2ccc(C#N)nc2)c1. The second-order valence-corrected chi connectivity index (χ2v) is 4.20. The van der Waals surface area contributed by atoms with Crippen LogP contribution < -0.4 is 5.32 Å². The average Bonchev–Trinajstić information content (AvgIpc) is 2.53. The van der Waals surface area contributed by atoms with Crippen LogP contribution in [-0.4, -0.2) is 18.1 Å². The summed E-state index contributed by atoms with van der Waals surface area (Å²) in [6.07, 6.45) is 1.49. The summed E-state index contributed by atoms with van der Waals surface area (Å²) < 4.78 is 18.3. The molecule has 0 aliphatic rings. The lowest BCUT2D eigenvalue weighted by Crippen LogP contribution is -2.06. The molecule has 2 rings (SSSR count). The molecule has 6 heteroatoms. The minimum atomic E-state index is -0.517. The third kappa shape index (κ3) is 3.54. The molecule has 1 N–H and O–H groups in total. The number of anilines is 1. The number of carbonyl (C=O) groups excluding carboxylic acids is 1. The third-order valence-electron chi connectivity index (χ3n) is 2.83. The first-order valence-corrected chi connectivity index (χ1v) is 6.11. The van der Waals surface area contributed by atoms with Crippen LogP contribution in [0.5, 0.6) is 0 Å². The molecule has 2 aromatic rings. The van der Waals surface area contributed by atoms with Crippen molar-refractivity contribution in [3.05, 3.63) is 59.2 Å². The fraction of sp³-hybridized carbons (Fsp3) is 0.133. The quantitative estimate of drug-likeness (QED) is 0.873. The van der Waals surface area contributed by atoms with Crippen molar-refractivity contribution < 1.29 is 13.9 Å². The van der Waals surface area contributed by atoms with Gasteiger partial charge in [0.15, 0.2) is 0 Å². The first-order valence-electron chi connectivity index (χ1n) is 6.11. The zero-order valence-electron chi connectivity index (χ0n) is 11.3. The predicted molar refractivity (Wildman–Crippen MR) is 74.0 cm³/mol. The Morgan fingerprint density at radius 2 is 2.24 bits per heavy atom. The van der Waals surface area contributed by atoms with Crippen molar-refractivity contribution in [1.82, 2.24) is 4.98 Å². The Morgan fingerprint density at radius 3 is 2.86 bits per heavy atom. The highest BCUT2D eigenvalue weighted by molar-refractivity contribution is 5.89. The zero-order chi connectivity index (χ0) is 15.2. The van der Waals surface area contributed by atoms with Crippen LogP contribution in [0.1, 0.15) is 21.6 Å². The Morgan fingerprint density at radius 1 is 1.43 bits per heavy atom. The van der Waals surface area contributed by atoms with Crippen molar-refractivity contribution in [2.45, 2.75) is 6.54 Å². The van der Waals surface area contributed by atoms with Crippen molar-refractivity contribution in [3.8, 4) is 6.07 Å². The number of benzene rings is 1. The van der Waals surface area contributed by atoms with Gasteiger partial charge in [0.1, 0.15) is 17.6 Å². The van der Waals surface area contributed by atoms with Gasteiger partial charge in [-0.1, -0.05) is 0 Å². The number of nitriles is 1. The minimum Gasteiger partial charge on any atom is -0.465 e. The first-order chi connectivity index (χ1) is 10.1. The topological polar surface area (TPSA) is 75.0 Å². The van der Waals surface area contributed by atoms with Crippen LogP contribution in [-0.2, 0) is 11.3 Å². The van der Waals surface area contributed by atoms with E-state index in [4.69, 9.17) is 5.26 Å². The number of nitrogens with zero attached hydrogens (tertiary/aromatic N) is 2. The minimum absolute atomic E-state index is 0.185. The smallest absolute Gasteiger partial charge is 0.337 e. The molecule has 0 bridgehead atoms. The number of nitrogens with one attached hydrogen (secondary N) is 1. The highest BCUT2D eigenvalue weighted by Gasteiger charge is 2.09. The number of esters is 1. The lowest BCUT2D eigenvalue weighted by Gasteiger charge is -2.08. The van der Waals surface area contributed by atoms with E-state index in [1.54, 1.807) is 12.1 Å². The molecule has 0 aliphatic heterocycles. The largest absolute Gasteiger partial charge is 0.465 e. The maximum atomic E-state index is 13.7. The average molecular weight is 285 g/mol. The Hall–Kier alpha value is -2.94. The molecular weight excluding hydrogens is 273 g/mol. The van der Waals surface area contributed by atoms with E-state index in [2.05, 4.69) is 15.0 Å². The molecular formula is C15H12FN3O2. The van der Waals surface area contributed by atoms with E-state index in [0.29, 0.717) is 16.9 Å². The third-order valence-corrected chi connectivity index (χ3v) is 2.83. The van der Waals surface area contributed by atoms with Crippen LogP contribution in [0.3, 0.4) is 0 Å². The van der Waals surface area contributed by atoms with Crippen LogP contribution >= 0.6 is 0 Å². The molecule has 0 amide bonds. The van der Waals surface area contributed by atoms with E-state index in [9.17, 15) is 9.18 Å². The van der Waals surface area contributed by atoms with E-state index in [-0.39, 0.29) is 12.1 Å². The van der Waals surface area contributed by atoms with Crippen LogP contribution in [0, 0.1) is 17.1 Å². The summed E-state index contributed by atoms with van der Waals surface area (Å²) in [4.78, 5) is 15.3. The monoisotopic (exact) mass is 285 g/mol. The van der Waals surface area contributed by atoms with Crippen LogP contribution in [0.15, 0.2) is 36.5 Å². The Labute approximate surface area is 121 Å². The molecule has 21 heavy (non-hydrogen) atoms. The second kappa shape index (κ2) is 6.48. The van der Waals surface area contributed by atoms with Crippen molar-refractivity contribution >= 4 is 11.7 Å². The molecule has 0 saturated heterocycles. The highest BCUT2D eigenvalue weighted by atomic mass is 19.1. The number of halogens is 1. The fourth-order valence-corrected chi connectivity index (χ4v) is 1.72. The van der Waals surface area contributed by atoms with Gasteiger partial charge < -0.3 is 10.1 Å². The predicted octanol–water partition coefficient (Wildman–Crippen LogP) is 2.49. The van der Waals surface area contributed by atoms with Gasteiger partial charge in [0, 0.05) is 12.1 Å². The summed E-state index contributed by atoms with van der Waals surface area (Å²) in [5.41, 5.74) is 1.58. The van der Waals surface area contributed by atoms with Gasteiger partial charge in [-0.25, -0.2) is 14.2 Å². The molecule has 0 radical (unpaired) electrons. The van der Waals surface area contributed by atoms with Gasteiger partial charge in [0.25, 0.3) is 0 Å². The number of hydrogen-bond donors (Lipinski definition) is 1. The molecule has 0 aliphatic carbocycles. The number of hydrogen-bond acceptors (Lipinski definition) is 5. The van der Waals surface area contributed by atoms with Gasteiger partial charge in [0.05, 0.1) is 24.6 Å². The number of rotatable bonds is 4. The highest BCUT2D eigenvalue weighted by Crippen LogP contribution is 2.14. The second-order valence-electron chi connectivity index (χ2n) is 4.20. The Kier molecular flexibility index (Phi) is 4.46. The molecule has 0 saturated carbocycles. The number of pyridine rings is 1. The first kappa shape index (κ1) is 14.5. The molecule has 0 unspecified atom stereocenters. The lowest BCUT2D eigenvalue weighted by molar-refractivity contribution is 0.0600. The van der Waals surface area contributed by atoms with Crippen molar-refractivity contribution in [2.24, 2.45) is 0 Å². The Balaban J connectivity index is 2.11. The van der Waals surface area contributed by atoms with Crippen LogP contribution in [0.4, 0.5) is 10.1 Å². The number of ether oxygens (including phenoxy) is 1. The number of aromatic nitrogens is 1. The van der Waals surface area contributed by atoms with Crippen LogP contribution in [0.25, 0.3) is 0 Å². The number of carbonyl (C=O) groups is 1. The van der Waals surface area contributed by atoms with E-state index >= 15 is 0 Å². The van der Waals surface area contributed by atoms with Crippen molar-refractivity contribution in [3.63, 3.8) is 0 Å². The maximum Gasteiger partial charge on any atom is 0.337 e. The van der Waals surface area contributed by atoms with Gasteiger partial charge in [-0.05, 0) is 30.3 Å². The molecule has 0 spiro atoms. The number of methoxy groups -OCH3 is 1. The fourth-order valence-electron chi connectivity index (χ4n) is 1.72. The summed E-state index contributed by atoms with van der Waals surface area (Å²) in [6.45, 7) is 0.185. The zero-order valence-corrected chi connectivity index (χ0v) is 11.3. The summed E-state index contributed by atoms with van der Waals surface area (Å²) in [7, 11) is 1.27. The van der Waals surface area contributed by atoms with Gasteiger partial charge >= 0.3 is 5.97 Å². The summed E-state index contributed by atoms with van der Waals surface area (Å²) >= 11 is 0.